The zero-order valence-electron chi connectivity index (χ0n) is 13.0. The van der Waals surface area contributed by atoms with Crippen LogP contribution in [0.15, 0.2) is 18.2 Å². The summed E-state index contributed by atoms with van der Waals surface area (Å²) < 4.78 is 0. The number of halogens is 1. The fourth-order valence-electron chi connectivity index (χ4n) is 2.50. The lowest BCUT2D eigenvalue weighted by molar-refractivity contribution is -0.385. The molecular weight excluding hydrogens is 322 g/mol. The number of hydrogen-bond donors (Lipinski definition) is 0. The highest BCUT2D eigenvalue weighted by Gasteiger charge is 2.29. The van der Waals surface area contributed by atoms with Gasteiger partial charge in [0.1, 0.15) is 5.56 Å². The average molecular weight is 340 g/mol. The van der Waals surface area contributed by atoms with Crippen LogP contribution in [0.1, 0.15) is 24.2 Å². The molecule has 0 N–H and O–H groups in total. The van der Waals surface area contributed by atoms with Crippen LogP contribution >= 0.6 is 11.6 Å². The molecule has 0 aromatic heterocycles. The van der Waals surface area contributed by atoms with Gasteiger partial charge in [-0.05, 0) is 12.1 Å². The van der Waals surface area contributed by atoms with Gasteiger partial charge in [0.05, 0.1) is 4.92 Å². The lowest BCUT2D eigenvalue weighted by Gasteiger charge is -2.35. The van der Waals surface area contributed by atoms with Gasteiger partial charge in [0.25, 0.3) is 11.6 Å². The molecule has 1 saturated heterocycles. The summed E-state index contributed by atoms with van der Waals surface area (Å²) in [5.41, 5.74) is -0.286. The van der Waals surface area contributed by atoms with Crippen LogP contribution in [0.5, 0.6) is 0 Å². The summed E-state index contributed by atoms with van der Waals surface area (Å²) in [4.78, 5) is 38.2. The number of rotatable bonds is 3. The minimum absolute atomic E-state index is 0.0167. The molecular formula is C15H18ClN3O4. The molecule has 0 spiro atoms. The Morgan fingerprint density at radius 3 is 2.26 bits per heavy atom. The van der Waals surface area contributed by atoms with E-state index in [4.69, 9.17) is 11.6 Å². The molecule has 1 fully saturated rings. The van der Waals surface area contributed by atoms with Gasteiger partial charge in [-0.1, -0.05) is 25.4 Å². The number of carbonyl (C=O) groups is 2. The highest BCUT2D eigenvalue weighted by atomic mass is 35.5. The minimum atomic E-state index is -0.613. The van der Waals surface area contributed by atoms with E-state index in [2.05, 4.69) is 0 Å². The monoisotopic (exact) mass is 339 g/mol. The van der Waals surface area contributed by atoms with Crippen molar-refractivity contribution in [2.24, 2.45) is 5.92 Å². The molecule has 0 unspecified atom stereocenters. The quantitative estimate of drug-likeness (QED) is 0.624. The second-order valence-corrected chi connectivity index (χ2v) is 6.13. The summed E-state index contributed by atoms with van der Waals surface area (Å²) in [5, 5.41) is 11.3. The van der Waals surface area contributed by atoms with Crippen molar-refractivity contribution >= 4 is 29.1 Å². The topological polar surface area (TPSA) is 83.8 Å². The zero-order valence-corrected chi connectivity index (χ0v) is 13.7. The third-order valence-electron chi connectivity index (χ3n) is 3.76. The van der Waals surface area contributed by atoms with Gasteiger partial charge in [-0.2, -0.15) is 0 Å². The fourth-order valence-corrected chi connectivity index (χ4v) is 2.67. The summed E-state index contributed by atoms with van der Waals surface area (Å²) >= 11 is 5.76. The van der Waals surface area contributed by atoms with Gasteiger partial charge in [0.15, 0.2) is 0 Å². The number of hydrogen-bond acceptors (Lipinski definition) is 4. The van der Waals surface area contributed by atoms with Crippen LogP contribution < -0.4 is 0 Å². The van der Waals surface area contributed by atoms with Gasteiger partial charge in [-0.25, -0.2) is 0 Å². The van der Waals surface area contributed by atoms with E-state index in [9.17, 15) is 19.7 Å². The molecule has 1 aromatic carbocycles. The van der Waals surface area contributed by atoms with E-state index in [-0.39, 0.29) is 28.1 Å². The minimum Gasteiger partial charge on any atom is -0.339 e. The Labute approximate surface area is 139 Å². The SMILES string of the molecule is CC(C)C(=O)N1CCN(C(=O)c2ccc(Cl)cc2[N+](=O)[O-])CC1. The summed E-state index contributed by atoms with van der Waals surface area (Å²) in [7, 11) is 0. The Morgan fingerprint density at radius 2 is 1.74 bits per heavy atom. The smallest absolute Gasteiger partial charge is 0.283 e. The van der Waals surface area contributed by atoms with Crippen molar-refractivity contribution in [1.29, 1.82) is 0 Å². The van der Waals surface area contributed by atoms with E-state index in [0.717, 1.165) is 0 Å². The van der Waals surface area contributed by atoms with E-state index in [1.54, 1.807) is 4.90 Å². The third kappa shape index (κ3) is 3.79. The molecule has 0 radical (unpaired) electrons. The number of carbonyl (C=O) groups excluding carboxylic acids is 2. The standard InChI is InChI=1S/C15H18ClN3O4/c1-10(2)14(20)17-5-7-18(8-6-17)15(21)12-4-3-11(16)9-13(12)19(22)23/h3-4,9-10H,5-8H2,1-2H3. The van der Waals surface area contributed by atoms with E-state index < -0.39 is 10.8 Å². The molecule has 8 heteroatoms. The Bertz CT molecular complexity index is 640. The van der Waals surface area contributed by atoms with Gasteiger partial charge < -0.3 is 9.80 Å². The summed E-state index contributed by atoms with van der Waals surface area (Å²) in [6, 6.07) is 4.00. The molecule has 124 valence electrons. The second-order valence-electron chi connectivity index (χ2n) is 5.69. The molecule has 2 rings (SSSR count). The van der Waals surface area contributed by atoms with Gasteiger partial charge in [0, 0.05) is 43.2 Å². The largest absolute Gasteiger partial charge is 0.339 e. The van der Waals surface area contributed by atoms with Crippen molar-refractivity contribution in [3.8, 4) is 0 Å². The van der Waals surface area contributed by atoms with Crippen LogP contribution in [-0.2, 0) is 4.79 Å². The van der Waals surface area contributed by atoms with Crippen molar-refractivity contribution in [2.45, 2.75) is 13.8 Å². The number of nitro groups is 1. The number of amides is 2. The van der Waals surface area contributed by atoms with Crippen molar-refractivity contribution in [2.75, 3.05) is 26.2 Å². The predicted octanol–water partition coefficient (Wildman–Crippen LogP) is 2.19. The number of piperazine rings is 1. The fraction of sp³-hybridized carbons (Fsp3) is 0.467. The van der Waals surface area contributed by atoms with Crippen molar-refractivity contribution in [3.63, 3.8) is 0 Å². The second kappa shape index (κ2) is 6.95. The maximum Gasteiger partial charge on any atom is 0.283 e. The van der Waals surface area contributed by atoms with E-state index in [1.807, 2.05) is 13.8 Å². The van der Waals surface area contributed by atoms with Crippen molar-refractivity contribution in [1.82, 2.24) is 9.80 Å². The van der Waals surface area contributed by atoms with Crippen LogP contribution in [0.4, 0.5) is 5.69 Å². The van der Waals surface area contributed by atoms with Crippen molar-refractivity contribution in [3.05, 3.63) is 38.9 Å². The van der Waals surface area contributed by atoms with E-state index >= 15 is 0 Å². The molecule has 1 heterocycles. The van der Waals surface area contributed by atoms with Gasteiger partial charge in [-0.3, -0.25) is 19.7 Å². The maximum atomic E-state index is 12.5. The zero-order chi connectivity index (χ0) is 17.1. The molecule has 0 bridgehead atoms. The number of nitrogens with zero attached hydrogens (tertiary/aromatic N) is 3. The number of benzene rings is 1. The third-order valence-corrected chi connectivity index (χ3v) is 3.99. The Kier molecular flexibility index (Phi) is 5.20. The summed E-state index contributed by atoms with van der Waals surface area (Å²) in [5.74, 6) is -0.450. The molecule has 1 aliphatic rings. The van der Waals surface area contributed by atoms with Crippen LogP contribution in [0.25, 0.3) is 0 Å². The van der Waals surface area contributed by atoms with Gasteiger partial charge >= 0.3 is 0 Å². The first-order valence-electron chi connectivity index (χ1n) is 7.33. The highest BCUT2D eigenvalue weighted by molar-refractivity contribution is 6.31. The van der Waals surface area contributed by atoms with Crippen LogP contribution in [-0.4, -0.2) is 52.7 Å². The van der Waals surface area contributed by atoms with Crippen LogP contribution in [0.2, 0.25) is 5.02 Å². The summed E-state index contributed by atoms with van der Waals surface area (Å²) in [6.45, 7) is 5.25. The highest BCUT2D eigenvalue weighted by Crippen LogP contribution is 2.25. The lowest BCUT2D eigenvalue weighted by Crippen LogP contribution is -2.51. The van der Waals surface area contributed by atoms with Crippen LogP contribution in [0.3, 0.4) is 0 Å². The van der Waals surface area contributed by atoms with Gasteiger partial charge in [-0.15, -0.1) is 0 Å². The molecule has 0 atom stereocenters. The molecule has 0 saturated carbocycles. The van der Waals surface area contributed by atoms with Crippen molar-refractivity contribution < 1.29 is 14.5 Å². The first-order chi connectivity index (χ1) is 10.8. The molecule has 1 aliphatic heterocycles. The summed E-state index contributed by atoms with van der Waals surface area (Å²) in [6.07, 6.45) is 0. The first kappa shape index (κ1) is 17.2. The normalized spacial score (nSPS) is 15.0. The Hall–Kier alpha value is -2.15. The van der Waals surface area contributed by atoms with E-state index in [0.29, 0.717) is 26.2 Å². The predicted molar refractivity (Wildman–Crippen MR) is 85.4 cm³/mol. The number of nitro benzene ring substituents is 1. The van der Waals surface area contributed by atoms with Crippen LogP contribution in [0, 0.1) is 16.0 Å². The first-order valence-corrected chi connectivity index (χ1v) is 7.71. The average Bonchev–Trinajstić information content (AvgIpc) is 2.53. The Morgan fingerprint density at radius 1 is 1.17 bits per heavy atom. The molecule has 2 amide bonds. The molecule has 1 aromatic rings. The molecule has 23 heavy (non-hydrogen) atoms. The van der Waals surface area contributed by atoms with Gasteiger partial charge in [0.2, 0.25) is 5.91 Å². The molecule has 0 aliphatic carbocycles. The molecule has 7 nitrogen and oxygen atoms in total. The maximum absolute atomic E-state index is 12.5. The van der Waals surface area contributed by atoms with E-state index in [1.165, 1.54) is 23.1 Å². The Balaban J connectivity index is 2.12. The lowest BCUT2D eigenvalue weighted by atomic mass is 10.1.